The average Bonchev–Trinajstić information content (AvgIpc) is 3.15. The molecule has 2 N–H and O–H groups in total. The molecule has 1 aliphatic rings. The number of amides is 2. The van der Waals surface area contributed by atoms with E-state index in [1.807, 2.05) is 0 Å². The Morgan fingerprint density at radius 1 is 1.08 bits per heavy atom. The van der Waals surface area contributed by atoms with Crippen molar-refractivity contribution < 1.29 is 27.2 Å². The zero-order chi connectivity index (χ0) is 28.5. The number of Topliss-reactive ketones (excluding diaryl/α,β-unsaturated/α-hetero) is 1. The Hall–Kier alpha value is -3.86. The summed E-state index contributed by atoms with van der Waals surface area (Å²) in [6, 6.07) is 7.34. The van der Waals surface area contributed by atoms with Crippen LogP contribution in [0.5, 0.6) is 0 Å². The normalized spacial score (nSPS) is 17.5. The number of hydrogen-bond acceptors (Lipinski definition) is 6. The molecule has 2 heterocycles. The van der Waals surface area contributed by atoms with Crippen LogP contribution >= 0.6 is 0 Å². The highest BCUT2D eigenvalue weighted by Gasteiger charge is 2.33. The lowest BCUT2D eigenvalue weighted by Crippen LogP contribution is -2.43. The molecule has 0 atom stereocenters. The van der Waals surface area contributed by atoms with Crippen molar-refractivity contribution in [3.8, 4) is 11.3 Å². The second-order valence-corrected chi connectivity index (χ2v) is 12.3. The van der Waals surface area contributed by atoms with E-state index in [0.29, 0.717) is 53.8 Å². The van der Waals surface area contributed by atoms with Gasteiger partial charge in [-0.15, -0.1) is 0 Å². The highest BCUT2D eigenvalue weighted by molar-refractivity contribution is 7.91. The molecule has 11 heteroatoms. The summed E-state index contributed by atoms with van der Waals surface area (Å²) in [4.78, 5) is 44.1. The topological polar surface area (TPSA) is 127 Å². The van der Waals surface area contributed by atoms with Crippen LogP contribution in [0.1, 0.15) is 57.7 Å². The SMILES string of the molecule is Cc1cc(NC(=O)c2c(C)c(C(=O)C(=O)N[C@H]3CC[C@@H](S(C)(=O)=O)CC3)n(C)c2-c2cccnc2)ccc1F. The van der Waals surface area contributed by atoms with Crippen LogP contribution in [0.4, 0.5) is 10.1 Å². The number of halogens is 1. The summed E-state index contributed by atoms with van der Waals surface area (Å²) >= 11 is 0. The summed E-state index contributed by atoms with van der Waals surface area (Å²) in [5.74, 6) is -2.54. The summed E-state index contributed by atoms with van der Waals surface area (Å²) < 4.78 is 38.9. The summed E-state index contributed by atoms with van der Waals surface area (Å²) in [6.45, 7) is 3.19. The Labute approximate surface area is 226 Å². The van der Waals surface area contributed by atoms with Gasteiger partial charge in [-0.3, -0.25) is 19.4 Å². The molecule has 1 fully saturated rings. The number of pyridine rings is 1. The van der Waals surface area contributed by atoms with Crippen molar-refractivity contribution >= 4 is 33.1 Å². The summed E-state index contributed by atoms with van der Waals surface area (Å²) in [6.07, 6.45) is 6.09. The molecule has 0 bridgehead atoms. The Morgan fingerprint density at radius 2 is 1.77 bits per heavy atom. The lowest BCUT2D eigenvalue weighted by molar-refractivity contribution is -0.117. The number of hydrogen-bond donors (Lipinski definition) is 2. The van der Waals surface area contributed by atoms with E-state index >= 15 is 0 Å². The molecule has 0 unspecified atom stereocenters. The third-order valence-electron chi connectivity index (χ3n) is 7.25. The van der Waals surface area contributed by atoms with Crippen LogP contribution in [0.2, 0.25) is 0 Å². The monoisotopic (exact) mass is 554 g/mol. The fourth-order valence-electron chi connectivity index (χ4n) is 5.18. The largest absolute Gasteiger partial charge is 0.346 e. The number of anilines is 1. The molecule has 0 aliphatic heterocycles. The molecular formula is C28H31FN4O5S. The maximum atomic E-state index is 13.7. The van der Waals surface area contributed by atoms with Crippen molar-refractivity contribution in [3.63, 3.8) is 0 Å². The molecule has 2 aromatic heterocycles. The van der Waals surface area contributed by atoms with Crippen molar-refractivity contribution in [1.82, 2.24) is 14.9 Å². The number of benzene rings is 1. The van der Waals surface area contributed by atoms with Gasteiger partial charge in [-0.25, -0.2) is 12.8 Å². The van der Waals surface area contributed by atoms with Crippen LogP contribution in [-0.2, 0) is 21.7 Å². The van der Waals surface area contributed by atoms with E-state index in [1.165, 1.54) is 29.0 Å². The first-order chi connectivity index (χ1) is 18.4. The van der Waals surface area contributed by atoms with E-state index < -0.39 is 38.5 Å². The zero-order valence-corrected chi connectivity index (χ0v) is 23.1. The summed E-state index contributed by atoms with van der Waals surface area (Å²) in [7, 11) is -1.55. The molecule has 1 aliphatic carbocycles. The van der Waals surface area contributed by atoms with Crippen LogP contribution in [0.15, 0.2) is 42.7 Å². The number of carbonyl (C=O) groups is 3. The summed E-state index contributed by atoms with van der Waals surface area (Å²) in [5, 5.41) is 5.07. The van der Waals surface area contributed by atoms with Crippen molar-refractivity contribution in [3.05, 3.63) is 70.9 Å². The number of nitrogens with one attached hydrogen (secondary N) is 2. The smallest absolute Gasteiger partial charge is 0.294 e. The van der Waals surface area contributed by atoms with E-state index in [4.69, 9.17) is 0 Å². The van der Waals surface area contributed by atoms with Gasteiger partial charge in [0.2, 0.25) is 0 Å². The first kappa shape index (κ1) is 28.2. The van der Waals surface area contributed by atoms with Crippen molar-refractivity contribution in [2.24, 2.45) is 7.05 Å². The molecular weight excluding hydrogens is 523 g/mol. The molecule has 1 saturated carbocycles. The number of sulfone groups is 1. The van der Waals surface area contributed by atoms with Gasteiger partial charge in [-0.1, -0.05) is 0 Å². The Balaban J connectivity index is 1.64. The van der Waals surface area contributed by atoms with Gasteiger partial charge in [0.1, 0.15) is 15.7 Å². The Bertz CT molecular complexity index is 1540. The molecule has 1 aromatic carbocycles. The maximum absolute atomic E-state index is 13.7. The van der Waals surface area contributed by atoms with E-state index in [0.717, 1.165) is 0 Å². The van der Waals surface area contributed by atoms with Crippen LogP contribution in [-0.4, -0.2) is 53.1 Å². The molecule has 39 heavy (non-hydrogen) atoms. The van der Waals surface area contributed by atoms with Gasteiger partial charge < -0.3 is 15.2 Å². The minimum Gasteiger partial charge on any atom is -0.346 e. The lowest BCUT2D eigenvalue weighted by Gasteiger charge is -2.27. The third kappa shape index (κ3) is 5.93. The maximum Gasteiger partial charge on any atom is 0.294 e. The minimum absolute atomic E-state index is 0.0524. The van der Waals surface area contributed by atoms with Crippen molar-refractivity contribution in [2.75, 3.05) is 11.6 Å². The first-order valence-corrected chi connectivity index (χ1v) is 14.5. The van der Waals surface area contributed by atoms with Gasteiger partial charge in [0.25, 0.3) is 17.6 Å². The molecule has 2 amide bonds. The van der Waals surface area contributed by atoms with E-state index in [9.17, 15) is 27.2 Å². The number of nitrogens with zero attached hydrogens (tertiary/aromatic N) is 2. The molecule has 0 spiro atoms. The van der Waals surface area contributed by atoms with E-state index in [-0.39, 0.29) is 17.3 Å². The fourth-order valence-corrected chi connectivity index (χ4v) is 6.31. The molecule has 0 saturated heterocycles. The highest BCUT2D eigenvalue weighted by Crippen LogP contribution is 2.32. The number of aryl methyl sites for hydroxylation is 1. The van der Waals surface area contributed by atoms with Gasteiger partial charge in [-0.05, 0) is 81.0 Å². The fraction of sp³-hybridized carbons (Fsp3) is 0.357. The zero-order valence-electron chi connectivity index (χ0n) is 22.2. The minimum atomic E-state index is -3.16. The number of aromatic nitrogens is 2. The van der Waals surface area contributed by atoms with Gasteiger partial charge in [-0.2, -0.15) is 0 Å². The highest BCUT2D eigenvalue weighted by atomic mass is 32.2. The molecule has 4 rings (SSSR count). The Morgan fingerprint density at radius 3 is 2.36 bits per heavy atom. The average molecular weight is 555 g/mol. The number of carbonyl (C=O) groups excluding carboxylic acids is 3. The van der Waals surface area contributed by atoms with Gasteiger partial charge in [0.15, 0.2) is 0 Å². The third-order valence-corrected chi connectivity index (χ3v) is 8.93. The van der Waals surface area contributed by atoms with E-state index in [2.05, 4.69) is 15.6 Å². The predicted molar refractivity (Wildman–Crippen MR) is 146 cm³/mol. The van der Waals surface area contributed by atoms with Gasteiger partial charge in [0, 0.05) is 43.0 Å². The van der Waals surface area contributed by atoms with Crippen LogP contribution in [0, 0.1) is 19.7 Å². The standard InChI is InChI=1S/C28H31FN4O5S/c1-16-14-20(9-12-22(16)29)32-27(35)23-17(2)24(33(3)25(23)18-6-5-13-30-15-18)26(34)28(36)31-19-7-10-21(11-8-19)39(4,37)38/h5-6,9,12-15,19,21H,7-8,10-11H2,1-4H3,(H,31,36)(H,32,35)/t19-,21+. The van der Waals surface area contributed by atoms with Crippen LogP contribution in [0.3, 0.4) is 0 Å². The molecule has 0 radical (unpaired) electrons. The second-order valence-electron chi connectivity index (χ2n) is 10.0. The lowest BCUT2D eigenvalue weighted by atomic mass is 9.94. The molecule has 9 nitrogen and oxygen atoms in total. The van der Waals surface area contributed by atoms with Crippen LogP contribution < -0.4 is 10.6 Å². The molecule has 206 valence electrons. The Kier molecular flexibility index (Phi) is 8.01. The van der Waals surface area contributed by atoms with Crippen molar-refractivity contribution in [2.45, 2.75) is 50.8 Å². The van der Waals surface area contributed by atoms with Crippen molar-refractivity contribution in [1.29, 1.82) is 0 Å². The van der Waals surface area contributed by atoms with Crippen LogP contribution in [0.25, 0.3) is 11.3 Å². The van der Waals surface area contributed by atoms with Gasteiger partial charge in [0.05, 0.1) is 22.2 Å². The second kappa shape index (κ2) is 11.1. The number of ketones is 1. The summed E-state index contributed by atoms with van der Waals surface area (Å²) in [5.41, 5.74) is 2.28. The quantitative estimate of drug-likeness (QED) is 0.338. The van der Waals surface area contributed by atoms with Gasteiger partial charge >= 0.3 is 0 Å². The predicted octanol–water partition coefficient (Wildman–Crippen LogP) is 3.75. The first-order valence-electron chi connectivity index (χ1n) is 12.6. The van der Waals surface area contributed by atoms with E-state index in [1.54, 1.807) is 45.4 Å². The molecule has 3 aromatic rings. The number of rotatable bonds is 7.